The van der Waals surface area contributed by atoms with Crippen molar-refractivity contribution in [1.29, 1.82) is 0 Å². The van der Waals surface area contributed by atoms with Crippen molar-refractivity contribution < 1.29 is 17.9 Å². The van der Waals surface area contributed by atoms with Gasteiger partial charge in [0.25, 0.3) is 0 Å². The normalized spacial score (nSPS) is 14.0. The third-order valence-corrected chi connectivity index (χ3v) is 4.67. The van der Waals surface area contributed by atoms with E-state index in [-0.39, 0.29) is 5.75 Å². The number of benzene rings is 2. The Bertz CT molecular complexity index is 980. The van der Waals surface area contributed by atoms with Crippen molar-refractivity contribution in [2.75, 3.05) is 5.32 Å². The Balaban J connectivity index is 1.52. The maximum absolute atomic E-state index is 12.4. The summed E-state index contributed by atoms with van der Waals surface area (Å²) in [6.07, 6.45) is -0.503. The lowest BCUT2D eigenvalue weighted by molar-refractivity contribution is -0.274. The van der Waals surface area contributed by atoms with Gasteiger partial charge >= 0.3 is 6.36 Å². The summed E-state index contributed by atoms with van der Waals surface area (Å²) < 4.78 is 41.3. The van der Waals surface area contributed by atoms with Gasteiger partial charge in [-0.1, -0.05) is 24.3 Å². The van der Waals surface area contributed by atoms with Gasteiger partial charge in [0, 0.05) is 11.3 Å². The molecule has 3 aromatic rings. The number of nitrogens with zero attached hydrogens (tertiary/aromatic N) is 1. The van der Waals surface area contributed by atoms with Crippen molar-refractivity contribution in [3.63, 3.8) is 0 Å². The molecular weight excluding hydrogens is 365 g/mol. The van der Waals surface area contributed by atoms with Crippen molar-refractivity contribution >= 4 is 11.4 Å². The molecule has 1 saturated carbocycles. The van der Waals surface area contributed by atoms with E-state index >= 15 is 0 Å². The van der Waals surface area contributed by atoms with E-state index in [0.29, 0.717) is 17.2 Å². The molecule has 0 saturated heterocycles. The first-order chi connectivity index (χ1) is 13.4. The number of aryl methyl sites for hydroxylation is 1. The minimum absolute atomic E-state index is 0.260. The average Bonchev–Trinajstić information content (AvgIpc) is 3.46. The minimum Gasteiger partial charge on any atom is -0.406 e. The lowest BCUT2D eigenvalue weighted by atomic mass is 10.1. The Morgan fingerprint density at radius 3 is 2.39 bits per heavy atom. The molecular formula is C22H19F3N2O. The first-order valence-corrected chi connectivity index (χ1v) is 9.07. The topological polar surface area (TPSA) is 34.2 Å². The van der Waals surface area contributed by atoms with Crippen LogP contribution in [-0.2, 0) is 0 Å². The van der Waals surface area contributed by atoms with Gasteiger partial charge in [-0.2, -0.15) is 0 Å². The molecule has 1 heterocycles. The third-order valence-electron chi connectivity index (χ3n) is 4.67. The Morgan fingerprint density at radius 1 is 1.00 bits per heavy atom. The van der Waals surface area contributed by atoms with E-state index in [0.717, 1.165) is 16.9 Å². The molecule has 0 atom stereocenters. The molecule has 2 aromatic carbocycles. The molecule has 0 bridgehead atoms. The molecule has 0 spiro atoms. The molecule has 0 aliphatic heterocycles. The Hall–Kier alpha value is -3.02. The van der Waals surface area contributed by atoms with Crippen LogP contribution in [0.2, 0.25) is 0 Å². The average molecular weight is 384 g/mol. The summed E-state index contributed by atoms with van der Waals surface area (Å²) in [7, 11) is 0. The number of nitrogens with one attached hydrogen (secondary N) is 1. The zero-order valence-corrected chi connectivity index (χ0v) is 15.3. The lowest BCUT2D eigenvalue weighted by Crippen LogP contribution is -2.17. The fraction of sp³-hybridized carbons (Fsp3) is 0.227. The first-order valence-electron chi connectivity index (χ1n) is 9.07. The van der Waals surface area contributed by atoms with E-state index in [1.807, 2.05) is 13.0 Å². The van der Waals surface area contributed by atoms with Crippen molar-refractivity contribution in [3.05, 3.63) is 71.9 Å². The largest absolute Gasteiger partial charge is 0.573 e. The highest BCUT2D eigenvalue weighted by atomic mass is 19.4. The van der Waals surface area contributed by atoms with Crippen LogP contribution in [0.3, 0.4) is 0 Å². The predicted octanol–water partition coefficient (Wildman–Crippen LogP) is 6.58. The summed E-state index contributed by atoms with van der Waals surface area (Å²) in [6.45, 7) is 1.88. The second-order valence-corrected chi connectivity index (χ2v) is 6.99. The van der Waals surface area contributed by atoms with Gasteiger partial charge in [-0.05, 0) is 67.1 Å². The summed E-state index contributed by atoms with van der Waals surface area (Å²) in [6, 6.07) is 16.1. The highest BCUT2D eigenvalue weighted by Gasteiger charge is 2.31. The lowest BCUT2D eigenvalue weighted by Gasteiger charge is -2.12. The van der Waals surface area contributed by atoms with Gasteiger partial charge in [0.05, 0.1) is 17.6 Å². The minimum atomic E-state index is -4.72. The predicted molar refractivity (Wildman–Crippen MR) is 103 cm³/mol. The van der Waals surface area contributed by atoms with E-state index in [1.54, 1.807) is 12.3 Å². The van der Waals surface area contributed by atoms with Gasteiger partial charge in [-0.25, -0.2) is 0 Å². The molecule has 1 aromatic heterocycles. The van der Waals surface area contributed by atoms with Crippen LogP contribution in [-0.4, -0.2) is 11.3 Å². The molecule has 0 unspecified atom stereocenters. The highest BCUT2D eigenvalue weighted by molar-refractivity contribution is 5.68. The maximum Gasteiger partial charge on any atom is 0.573 e. The van der Waals surface area contributed by atoms with Gasteiger partial charge < -0.3 is 10.1 Å². The van der Waals surface area contributed by atoms with Crippen LogP contribution in [0.15, 0.2) is 60.8 Å². The zero-order chi connectivity index (χ0) is 19.7. The fourth-order valence-electron chi connectivity index (χ4n) is 3.21. The molecule has 4 rings (SSSR count). The number of ether oxygens (including phenoxy) is 1. The summed E-state index contributed by atoms with van der Waals surface area (Å²) in [5, 5.41) is 3.32. The molecule has 1 fully saturated rings. The van der Waals surface area contributed by atoms with Gasteiger partial charge in [0.2, 0.25) is 0 Å². The maximum atomic E-state index is 12.4. The Labute approximate surface area is 161 Å². The number of anilines is 2. The van der Waals surface area contributed by atoms with Crippen LogP contribution < -0.4 is 10.1 Å². The fourth-order valence-corrected chi connectivity index (χ4v) is 3.21. The summed E-state index contributed by atoms with van der Waals surface area (Å²) >= 11 is 0. The first kappa shape index (κ1) is 18.3. The van der Waals surface area contributed by atoms with E-state index in [9.17, 15) is 13.2 Å². The third kappa shape index (κ3) is 4.44. The van der Waals surface area contributed by atoms with E-state index in [4.69, 9.17) is 0 Å². The monoisotopic (exact) mass is 384 g/mol. The van der Waals surface area contributed by atoms with Crippen molar-refractivity contribution in [3.8, 4) is 17.0 Å². The number of aromatic nitrogens is 1. The van der Waals surface area contributed by atoms with Crippen molar-refractivity contribution in [2.24, 2.45) is 0 Å². The molecule has 144 valence electrons. The molecule has 0 amide bonds. The van der Waals surface area contributed by atoms with E-state index in [2.05, 4.69) is 39.3 Å². The van der Waals surface area contributed by atoms with Crippen molar-refractivity contribution in [2.45, 2.75) is 32.0 Å². The van der Waals surface area contributed by atoms with Crippen LogP contribution in [0.25, 0.3) is 11.3 Å². The second kappa shape index (κ2) is 7.19. The van der Waals surface area contributed by atoms with Crippen LogP contribution in [0.1, 0.15) is 29.9 Å². The molecule has 0 radical (unpaired) electrons. The molecule has 1 aliphatic carbocycles. The number of hydrogen-bond acceptors (Lipinski definition) is 3. The van der Waals surface area contributed by atoms with Crippen LogP contribution >= 0.6 is 0 Å². The highest BCUT2D eigenvalue weighted by Crippen LogP contribution is 2.40. The van der Waals surface area contributed by atoms with Gasteiger partial charge in [-0.3, -0.25) is 4.98 Å². The number of halogens is 3. The van der Waals surface area contributed by atoms with Gasteiger partial charge in [0.15, 0.2) is 0 Å². The number of rotatable bonds is 5. The second-order valence-electron chi connectivity index (χ2n) is 6.99. The van der Waals surface area contributed by atoms with E-state index in [1.165, 1.54) is 36.6 Å². The smallest absolute Gasteiger partial charge is 0.406 e. The Morgan fingerprint density at radius 2 is 1.75 bits per heavy atom. The summed E-state index contributed by atoms with van der Waals surface area (Å²) in [5.41, 5.74) is 5.20. The molecule has 28 heavy (non-hydrogen) atoms. The van der Waals surface area contributed by atoms with Gasteiger partial charge in [0.1, 0.15) is 5.75 Å². The number of pyridine rings is 1. The Kier molecular flexibility index (Phi) is 4.71. The SMILES string of the molecule is Cc1cc(Nc2ccc(C3CC3)cc2)cnc1-c1cccc(OC(F)(F)F)c1. The van der Waals surface area contributed by atoms with Crippen LogP contribution in [0.4, 0.5) is 24.5 Å². The van der Waals surface area contributed by atoms with E-state index < -0.39 is 6.36 Å². The summed E-state index contributed by atoms with van der Waals surface area (Å²) in [5.74, 6) is 0.457. The number of alkyl halides is 3. The van der Waals surface area contributed by atoms with Crippen molar-refractivity contribution in [1.82, 2.24) is 4.98 Å². The molecule has 1 aliphatic rings. The quantitative estimate of drug-likeness (QED) is 0.540. The standard InChI is InChI=1S/C22H19F3N2O/c1-14-11-19(27-18-9-7-16(8-10-18)15-5-6-15)13-26-21(14)17-3-2-4-20(12-17)28-22(23,24)25/h2-4,7-13,15,27H,5-6H2,1H3. The van der Waals surface area contributed by atoms with Crippen LogP contribution in [0, 0.1) is 6.92 Å². The molecule has 6 heteroatoms. The zero-order valence-electron chi connectivity index (χ0n) is 15.3. The summed E-state index contributed by atoms with van der Waals surface area (Å²) in [4.78, 5) is 4.44. The number of hydrogen-bond donors (Lipinski definition) is 1. The molecule has 3 nitrogen and oxygen atoms in total. The molecule has 1 N–H and O–H groups in total. The van der Waals surface area contributed by atoms with Gasteiger partial charge in [-0.15, -0.1) is 13.2 Å². The van der Waals surface area contributed by atoms with Crippen LogP contribution in [0.5, 0.6) is 5.75 Å².